The summed E-state index contributed by atoms with van der Waals surface area (Å²) in [5.41, 5.74) is 2.09. The predicted molar refractivity (Wildman–Crippen MR) is 99.0 cm³/mol. The predicted octanol–water partition coefficient (Wildman–Crippen LogP) is 3.30. The Kier molecular flexibility index (Phi) is 3.80. The van der Waals surface area contributed by atoms with Gasteiger partial charge in [-0.3, -0.25) is 9.59 Å². The van der Waals surface area contributed by atoms with Gasteiger partial charge in [0.2, 0.25) is 0 Å². The first-order chi connectivity index (χ1) is 12.5. The average molecular weight is 349 g/mol. The fourth-order valence-corrected chi connectivity index (χ4v) is 3.69. The van der Waals surface area contributed by atoms with Crippen LogP contribution in [0.15, 0.2) is 47.3 Å². The number of aromatic nitrogens is 1. The highest BCUT2D eigenvalue weighted by molar-refractivity contribution is 5.92. The molecule has 4 rings (SSSR count). The highest BCUT2D eigenvalue weighted by Gasteiger charge is 2.33. The lowest BCUT2D eigenvalue weighted by atomic mass is 9.84. The van der Waals surface area contributed by atoms with Gasteiger partial charge in [-0.25, -0.2) is 0 Å². The number of nitrogens with zero attached hydrogens (tertiary/aromatic N) is 1. The molecule has 1 aromatic heterocycles. The van der Waals surface area contributed by atoms with E-state index in [1.54, 1.807) is 24.8 Å². The third kappa shape index (κ3) is 2.39. The van der Waals surface area contributed by atoms with E-state index in [1.165, 1.54) is 0 Å². The van der Waals surface area contributed by atoms with E-state index in [0.717, 1.165) is 27.8 Å². The van der Waals surface area contributed by atoms with Crippen molar-refractivity contribution in [3.05, 3.63) is 69.6 Å². The first-order valence-electron chi connectivity index (χ1n) is 8.48. The van der Waals surface area contributed by atoms with E-state index in [4.69, 9.17) is 9.47 Å². The van der Waals surface area contributed by atoms with Crippen LogP contribution in [0.3, 0.4) is 0 Å². The van der Waals surface area contributed by atoms with Crippen molar-refractivity contribution >= 4 is 16.7 Å². The molecule has 0 amide bonds. The van der Waals surface area contributed by atoms with Gasteiger partial charge >= 0.3 is 5.97 Å². The number of rotatable bonds is 2. The summed E-state index contributed by atoms with van der Waals surface area (Å²) in [6, 6.07) is 13.4. The molecule has 5 heteroatoms. The van der Waals surface area contributed by atoms with Crippen LogP contribution in [0.5, 0.6) is 11.5 Å². The van der Waals surface area contributed by atoms with Gasteiger partial charge in [0.05, 0.1) is 19.1 Å². The number of methoxy groups -OCH3 is 1. The highest BCUT2D eigenvalue weighted by atomic mass is 16.5. The lowest BCUT2D eigenvalue weighted by Crippen LogP contribution is -2.32. The smallest absolute Gasteiger partial charge is 0.312 e. The van der Waals surface area contributed by atoms with Gasteiger partial charge in [0.1, 0.15) is 11.5 Å². The first kappa shape index (κ1) is 16.4. The number of pyridine rings is 1. The molecule has 1 atom stereocenters. The molecule has 1 aliphatic rings. The summed E-state index contributed by atoms with van der Waals surface area (Å²) in [6.45, 7) is 1.82. The average Bonchev–Trinajstić information content (AvgIpc) is 2.64. The van der Waals surface area contributed by atoms with E-state index in [1.807, 2.05) is 43.3 Å². The van der Waals surface area contributed by atoms with Crippen LogP contribution in [0.2, 0.25) is 0 Å². The second kappa shape index (κ2) is 6.02. The van der Waals surface area contributed by atoms with E-state index in [9.17, 15) is 9.59 Å². The van der Waals surface area contributed by atoms with E-state index in [0.29, 0.717) is 11.3 Å². The van der Waals surface area contributed by atoms with Crippen LogP contribution >= 0.6 is 0 Å². The lowest BCUT2D eigenvalue weighted by Gasteiger charge is -2.26. The Hall–Kier alpha value is -3.08. The first-order valence-corrected chi connectivity index (χ1v) is 8.48. The number of ether oxygens (including phenoxy) is 2. The van der Waals surface area contributed by atoms with Gasteiger partial charge in [-0.1, -0.05) is 30.3 Å². The van der Waals surface area contributed by atoms with Crippen molar-refractivity contribution in [2.45, 2.75) is 19.3 Å². The molecule has 0 saturated heterocycles. The fourth-order valence-electron chi connectivity index (χ4n) is 3.69. The lowest BCUT2D eigenvalue weighted by molar-refractivity contribution is -0.135. The van der Waals surface area contributed by atoms with Crippen molar-refractivity contribution in [1.82, 2.24) is 4.57 Å². The van der Waals surface area contributed by atoms with Crippen LogP contribution < -0.4 is 15.0 Å². The maximum absolute atomic E-state index is 12.9. The van der Waals surface area contributed by atoms with Crippen molar-refractivity contribution in [3.8, 4) is 11.5 Å². The molecular weight excluding hydrogens is 330 g/mol. The van der Waals surface area contributed by atoms with Gasteiger partial charge in [-0.2, -0.15) is 0 Å². The molecule has 1 aliphatic heterocycles. The Morgan fingerprint density at radius 2 is 1.85 bits per heavy atom. The third-order valence-electron chi connectivity index (χ3n) is 5.13. The van der Waals surface area contributed by atoms with Crippen molar-refractivity contribution in [3.63, 3.8) is 0 Å². The van der Waals surface area contributed by atoms with Crippen molar-refractivity contribution < 1.29 is 14.3 Å². The van der Waals surface area contributed by atoms with Gasteiger partial charge in [0, 0.05) is 30.1 Å². The monoisotopic (exact) mass is 349 g/mol. The summed E-state index contributed by atoms with van der Waals surface area (Å²) in [5, 5.41) is 1.93. The minimum atomic E-state index is -0.346. The third-order valence-corrected chi connectivity index (χ3v) is 5.13. The van der Waals surface area contributed by atoms with E-state index >= 15 is 0 Å². The van der Waals surface area contributed by atoms with Crippen LogP contribution in [0, 0.1) is 6.92 Å². The van der Waals surface area contributed by atoms with Gasteiger partial charge in [0.15, 0.2) is 0 Å². The maximum atomic E-state index is 12.9. The molecule has 0 radical (unpaired) electrons. The molecule has 0 N–H and O–H groups in total. The number of hydrogen-bond donors (Lipinski definition) is 0. The second-order valence-corrected chi connectivity index (χ2v) is 6.56. The number of carbonyl (C=O) groups is 1. The maximum Gasteiger partial charge on any atom is 0.312 e. The van der Waals surface area contributed by atoms with Crippen LogP contribution in [0.4, 0.5) is 0 Å². The van der Waals surface area contributed by atoms with Crippen LogP contribution in [-0.4, -0.2) is 17.6 Å². The molecule has 132 valence electrons. The van der Waals surface area contributed by atoms with Gasteiger partial charge in [-0.05, 0) is 23.9 Å². The normalized spacial score (nSPS) is 16.3. The summed E-state index contributed by atoms with van der Waals surface area (Å²) < 4.78 is 12.4. The van der Waals surface area contributed by atoms with Crippen molar-refractivity contribution in [2.24, 2.45) is 7.05 Å². The minimum absolute atomic E-state index is 0.127. The number of hydrogen-bond acceptors (Lipinski definition) is 4. The zero-order chi connectivity index (χ0) is 18.4. The molecule has 0 spiro atoms. The van der Waals surface area contributed by atoms with Gasteiger partial charge in [0.25, 0.3) is 5.56 Å². The van der Waals surface area contributed by atoms with Crippen molar-refractivity contribution in [1.29, 1.82) is 0 Å². The standard InChI is InChI=1S/C21H19NO4/c1-12-10-18-20(21(24)22(12)2)16(11-19(23)26-18)14-8-9-17(25-3)15-7-5-4-6-13(14)15/h4-10,16H,11H2,1-3H3/t16-/m0/s1. The fraction of sp³-hybridized carbons (Fsp3) is 0.238. The zero-order valence-electron chi connectivity index (χ0n) is 14.9. The minimum Gasteiger partial charge on any atom is -0.496 e. The highest BCUT2D eigenvalue weighted by Crippen LogP contribution is 2.41. The quantitative estimate of drug-likeness (QED) is 0.666. The molecular formula is C21H19NO4. The molecule has 3 aromatic rings. The Labute approximate surface area is 150 Å². The number of esters is 1. The Morgan fingerprint density at radius 3 is 2.58 bits per heavy atom. The summed E-state index contributed by atoms with van der Waals surface area (Å²) in [5.74, 6) is 0.461. The Morgan fingerprint density at radius 1 is 1.12 bits per heavy atom. The molecule has 2 heterocycles. The number of benzene rings is 2. The number of aryl methyl sites for hydroxylation is 1. The number of fused-ring (bicyclic) bond motifs is 2. The summed E-state index contributed by atoms with van der Waals surface area (Å²) >= 11 is 0. The molecule has 0 aliphatic carbocycles. The molecule has 2 aromatic carbocycles. The molecule has 5 nitrogen and oxygen atoms in total. The van der Waals surface area contributed by atoms with E-state index in [2.05, 4.69) is 0 Å². The second-order valence-electron chi connectivity index (χ2n) is 6.56. The Bertz CT molecular complexity index is 1100. The number of carbonyl (C=O) groups excluding carboxylic acids is 1. The zero-order valence-corrected chi connectivity index (χ0v) is 14.9. The van der Waals surface area contributed by atoms with Crippen molar-refractivity contribution in [2.75, 3.05) is 7.11 Å². The van der Waals surface area contributed by atoms with E-state index < -0.39 is 0 Å². The SMILES string of the molecule is COc1ccc([C@@H]2CC(=O)Oc3cc(C)n(C)c(=O)c32)c2ccccc12. The molecule has 0 unspecified atom stereocenters. The van der Waals surface area contributed by atoms with E-state index in [-0.39, 0.29) is 23.9 Å². The van der Waals surface area contributed by atoms with Crippen LogP contribution in [0.25, 0.3) is 10.8 Å². The molecule has 26 heavy (non-hydrogen) atoms. The summed E-state index contributed by atoms with van der Waals surface area (Å²) in [7, 11) is 3.37. The van der Waals surface area contributed by atoms with Crippen LogP contribution in [-0.2, 0) is 11.8 Å². The summed E-state index contributed by atoms with van der Waals surface area (Å²) in [4.78, 5) is 25.2. The largest absolute Gasteiger partial charge is 0.496 e. The van der Waals surface area contributed by atoms with Gasteiger partial charge < -0.3 is 14.0 Å². The van der Waals surface area contributed by atoms with Gasteiger partial charge in [-0.15, -0.1) is 0 Å². The molecule has 0 bridgehead atoms. The summed E-state index contributed by atoms with van der Waals surface area (Å²) in [6.07, 6.45) is 0.141. The topological polar surface area (TPSA) is 57.5 Å². The molecule has 0 saturated carbocycles. The van der Waals surface area contributed by atoms with Crippen LogP contribution in [0.1, 0.15) is 29.2 Å². The molecule has 0 fully saturated rings. The Balaban J connectivity index is 2.02.